The van der Waals surface area contributed by atoms with Crippen LogP contribution in [0.15, 0.2) is 11.6 Å². The van der Waals surface area contributed by atoms with Crippen LogP contribution in [0.5, 0.6) is 0 Å². The Morgan fingerprint density at radius 3 is 2.43 bits per heavy atom. The van der Waals surface area contributed by atoms with E-state index >= 15 is 0 Å². The van der Waals surface area contributed by atoms with Gasteiger partial charge < -0.3 is 29.0 Å². The van der Waals surface area contributed by atoms with Crippen LogP contribution in [0.1, 0.15) is 105 Å². The summed E-state index contributed by atoms with van der Waals surface area (Å²) in [5.41, 5.74) is 2.60. The Labute approximate surface area is 276 Å². The van der Waals surface area contributed by atoms with E-state index in [4.69, 9.17) is 23.7 Å². The van der Waals surface area contributed by atoms with E-state index in [2.05, 4.69) is 61.9 Å². The van der Waals surface area contributed by atoms with Crippen molar-refractivity contribution < 1.29 is 28.5 Å². The first-order valence-corrected chi connectivity index (χ1v) is 18.8. The highest BCUT2D eigenvalue weighted by molar-refractivity contribution is 9.09. The third-order valence-corrected chi connectivity index (χ3v) is 12.5. The summed E-state index contributed by atoms with van der Waals surface area (Å²) in [7, 11) is 0. The monoisotopic (exact) mass is 683 g/mol. The van der Waals surface area contributed by atoms with Crippen molar-refractivity contribution in [2.24, 2.45) is 46.3 Å². The fourth-order valence-corrected chi connectivity index (χ4v) is 9.94. The second-order valence-corrected chi connectivity index (χ2v) is 15.6. The van der Waals surface area contributed by atoms with Gasteiger partial charge in [0.05, 0.1) is 31.3 Å². The molecule has 0 radical (unpaired) electrons. The number of rotatable bonds is 19. The van der Waals surface area contributed by atoms with Crippen LogP contribution in [0.4, 0.5) is 0 Å². The summed E-state index contributed by atoms with van der Waals surface area (Å²) in [6, 6.07) is 0. The fraction of sp³-hybridized carbons (Fsp3) is 0.917. The highest BCUT2D eigenvalue weighted by atomic mass is 79.9. The minimum absolute atomic E-state index is 0.0632. The van der Waals surface area contributed by atoms with Gasteiger partial charge in [-0.25, -0.2) is 0 Å². The Hall–Kier alpha value is -0.510. The lowest BCUT2D eigenvalue weighted by Gasteiger charge is -2.58. The molecular formula is C36H62BrNO6. The number of fused-ring (bicyclic) bond motifs is 5. The molecule has 0 saturated heterocycles. The molecule has 8 atom stereocenters. The van der Waals surface area contributed by atoms with Crippen LogP contribution in [0.3, 0.4) is 0 Å². The molecule has 0 aromatic carbocycles. The Kier molecular flexibility index (Phi) is 14.5. The van der Waals surface area contributed by atoms with Crippen molar-refractivity contribution in [1.29, 1.82) is 0 Å². The van der Waals surface area contributed by atoms with Crippen molar-refractivity contribution in [3.05, 3.63) is 11.6 Å². The molecule has 7 nitrogen and oxygen atoms in total. The minimum atomic E-state index is -0.0632. The Morgan fingerprint density at radius 2 is 1.68 bits per heavy atom. The van der Waals surface area contributed by atoms with E-state index in [0.29, 0.717) is 48.6 Å². The number of halogens is 1. The number of ether oxygens (including phenoxy) is 5. The van der Waals surface area contributed by atoms with Gasteiger partial charge in [-0.1, -0.05) is 81.5 Å². The summed E-state index contributed by atoms with van der Waals surface area (Å²) in [6.07, 6.45) is 17.7. The highest BCUT2D eigenvalue weighted by Gasteiger charge is 2.59. The molecule has 8 heteroatoms. The molecule has 4 rings (SSSR count). The van der Waals surface area contributed by atoms with Crippen LogP contribution < -0.4 is 5.32 Å². The fourth-order valence-electron chi connectivity index (χ4n) is 9.74. The SMILES string of the molecule is CC(C)CCC[C@@H](C)C1CC[C@H]2[C@@H]3CC=C4C[C@@H](OCCOCOCOCOCCNC(=O)CBr)CC[C@]4(C)[C@H]3CC[C@]12C. The average molecular weight is 685 g/mol. The number of hydrogen-bond donors (Lipinski definition) is 1. The van der Waals surface area contributed by atoms with Crippen LogP contribution in [0.25, 0.3) is 0 Å². The lowest BCUT2D eigenvalue weighted by molar-refractivity contribution is -0.173. The quantitative estimate of drug-likeness (QED) is 0.0647. The van der Waals surface area contributed by atoms with Crippen molar-refractivity contribution in [2.45, 2.75) is 111 Å². The first-order chi connectivity index (χ1) is 21.2. The van der Waals surface area contributed by atoms with E-state index in [0.717, 1.165) is 48.3 Å². The summed E-state index contributed by atoms with van der Waals surface area (Å²) in [6.45, 7) is 14.9. The number of hydrogen-bond acceptors (Lipinski definition) is 6. The zero-order chi connectivity index (χ0) is 31.6. The first-order valence-electron chi connectivity index (χ1n) is 17.6. The van der Waals surface area contributed by atoms with E-state index < -0.39 is 0 Å². The van der Waals surface area contributed by atoms with Gasteiger partial charge in [-0.05, 0) is 97.7 Å². The van der Waals surface area contributed by atoms with E-state index in [9.17, 15) is 4.79 Å². The van der Waals surface area contributed by atoms with Gasteiger partial charge in [0.25, 0.3) is 0 Å². The van der Waals surface area contributed by atoms with Crippen molar-refractivity contribution in [1.82, 2.24) is 5.32 Å². The topological polar surface area (TPSA) is 75.2 Å². The van der Waals surface area contributed by atoms with Gasteiger partial charge in [-0.15, -0.1) is 0 Å². The minimum Gasteiger partial charge on any atom is -0.375 e. The number of amides is 1. The summed E-state index contributed by atoms with van der Waals surface area (Å²) >= 11 is 3.10. The second kappa shape index (κ2) is 17.6. The van der Waals surface area contributed by atoms with Gasteiger partial charge in [0, 0.05) is 6.54 Å². The van der Waals surface area contributed by atoms with Gasteiger partial charge >= 0.3 is 0 Å². The molecule has 0 spiro atoms. The standard InChI is InChI=1S/C36H62BrNO6/c1-26(2)7-6-8-27(3)31-11-12-32-30-10-9-28-21-29(13-15-35(28,4)33(30)14-16-36(31,32)5)44-20-19-41-24-43-25-42-23-40-18-17-38-34(39)22-37/h9,26-27,29-33H,6-8,10-25H2,1-5H3,(H,38,39)/t27-,29+,30+,31?,32+,33+,35+,36-/m1/s1. The van der Waals surface area contributed by atoms with Gasteiger partial charge in [-0.2, -0.15) is 0 Å². The third kappa shape index (κ3) is 9.31. The maximum atomic E-state index is 11.1. The number of carbonyl (C=O) groups is 1. The molecule has 0 aliphatic heterocycles. The second-order valence-electron chi connectivity index (χ2n) is 15.1. The van der Waals surface area contributed by atoms with Crippen molar-refractivity contribution in [2.75, 3.05) is 52.1 Å². The average Bonchev–Trinajstić information content (AvgIpc) is 3.36. The largest absolute Gasteiger partial charge is 0.375 e. The molecule has 1 amide bonds. The Balaban J connectivity index is 1.12. The highest BCUT2D eigenvalue weighted by Crippen LogP contribution is 2.67. The first kappa shape index (κ1) is 36.3. The summed E-state index contributed by atoms with van der Waals surface area (Å²) in [5, 5.41) is 2.99. The van der Waals surface area contributed by atoms with Gasteiger partial charge in [0.2, 0.25) is 5.91 Å². The number of carbonyl (C=O) groups excluding carboxylic acids is 1. The van der Waals surface area contributed by atoms with Crippen LogP contribution in [0, 0.1) is 46.3 Å². The van der Waals surface area contributed by atoms with E-state index in [1.807, 2.05) is 0 Å². The lowest BCUT2D eigenvalue weighted by Crippen LogP contribution is -2.51. The van der Waals surface area contributed by atoms with Crippen LogP contribution >= 0.6 is 15.9 Å². The molecule has 3 saturated carbocycles. The molecule has 1 N–H and O–H groups in total. The van der Waals surface area contributed by atoms with Crippen LogP contribution in [-0.2, 0) is 28.5 Å². The predicted octanol–water partition coefficient (Wildman–Crippen LogP) is 7.86. The maximum Gasteiger partial charge on any atom is 0.230 e. The number of allylic oxidation sites excluding steroid dienone is 1. The molecule has 0 bridgehead atoms. The van der Waals surface area contributed by atoms with Crippen molar-refractivity contribution in [3.8, 4) is 0 Å². The predicted molar refractivity (Wildman–Crippen MR) is 178 cm³/mol. The maximum absolute atomic E-state index is 11.1. The van der Waals surface area contributed by atoms with Crippen molar-refractivity contribution >= 4 is 21.8 Å². The number of alkyl halides is 1. The Bertz CT molecular complexity index is 915. The lowest BCUT2D eigenvalue weighted by atomic mass is 9.47. The Morgan fingerprint density at radius 1 is 0.932 bits per heavy atom. The van der Waals surface area contributed by atoms with E-state index in [1.54, 1.807) is 5.57 Å². The third-order valence-electron chi connectivity index (χ3n) is 12.0. The van der Waals surface area contributed by atoms with Crippen LogP contribution in [-0.4, -0.2) is 64.1 Å². The molecule has 1 unspecified atom stereocenters. The summed E-state index contributed by atoms with van der Waals surface area (Å²) < 4.78 is 27.7. The van der Waals surface area contributed by atoms with Gasteiger partial charge in [0.1, 0.15) is 13.6 Å². The van der Waals surface area contributed by atoms with Gasteiger partial charge in [0.15, 0.2) is 6.79 Å². The molecule has 0 aromatic rings. The van der Waals surface area contributed by atoms with E-state index in [1.165, 1.54) is 57.8 Å². The molecular weight excluding hydrogens is 622 g/mol. The molecule has 4 aliphatic carbocycles. The van der Waals surface area contributed by atoms with Crippen molar-refractivity contribution in [3.63, 3.8) is 0 Å². The molecule has 254 valence electrons. The van der Waals surface area contributed by atoms with Crippen LogP contribution in [0.2, 0.25) is 0 Å². The number of nitrogens with one attached hydrogen (secondary N) is 1. The normalized spacial score (nSPS) is 33.8. The molecule has 44 heavy (non-hydrogen) atoms. The summed E-state index contributed by atoms with van der Waals surface area (Å²) in [5.74, 6) is 5.21. The molecule has 0 heterocycles. The summed E-state index contributed by atoms with van der Waals surface area (Å²) in [4.78, 5) is 11.1. The molecule has 4 aliphatic rings. The van der Waals surface area contributed by atoms with Gasteiger partial charge in [-0.3, -0.25) is 4.79 Å². The zero-order valence-electron chi connectivity index (χ0n) is 28.4. The van der Waals surface area contributed by atoms with E-state index in [-0.39, 0.29) is 26.3 Å². The zero-order valence-corrected chi connectivity index (χ0v) is 30.0. The molecule has 3 fully saturated rings. The smallest absolute Gasteiger partial charge is 0.230 e. The molecule has 0 aromatic heterocycles.